The number of aryl methyl sites for hydroxylation is 1. The van der Waals surface area contributed by atoms with Crippen LogP contribution >= 0.6 is 22.9 Å². The molecule has 39 heavy (non-hydrogen) atoms. The van der Waals surface area contributed by atoms with Crippen molar-refractivity contribution in [2.24, 2.45) is 0 Å². The van der Waals surface area contributed by atoms with Gasteiger partial charge in [-0.05, 0) is 48.7 Å². The van der Waals surface area contributed by atoms with Gasteiger partial charge in [-0.15, -0.1) is 11.3 Å². The third-order valence-corrected chi connectivity index (χ3v) is 8.31. The summed E-state index contributed by atoms with van der Waals surface area (Å²) in [4.78, 5) is 36.1. The average molecular weight is 558 g/mol. The number of rotatable bonds is 8. The van der Waals surface area contributed by atoms with E-state index in [-0.39, 0.29) is 11.4 Å². The number of benzene rings is 3. The number of aromatic nitrogens is 1. The molecule has 5 rings (SSSR count). The van der Waals surface area contributed by atoms with Crippen LogP contribution in [0.4, 0.5) is 5.69 Å². The Labute approximate surface area is 236 Å². The number of aliphatic hydroxyl groups is 1. The Kier molecular flexibility index (Phi) is 7.55. The van der Waals surface area contributed by atoms with E-state index in [0.29, 0.717) is 33.6 Å². The van der Waals surface area contributed by atoms with E-state index in [2.05, 4.69) is 4.98 Å². The molecule has 198 valence electrons. The van der Waals surface area contributed by atoms with E-state index in [1.165, 1.54) is 11.3 Å². The Morgan fingerprint density at radius 2 is 1.69 bits per heavy atom. The van der Waals surface area contributed by atoms with Crippen molar-refractivity contribution in [1.29, 1.82) is 0 Å². The zero-order chi connectivity index (χ0) is 27.7. The molecule has 4 aromatic rings. The number of anilines is 1. The van der Waals surface area contributed by atoms with Crippen LogP contribution in [-0.2, 0) is 11.2 Å². The molecule has 6 nitrogen and oxygen atoms in total. The highest BCUT2D eigenvalue weighted by molar-refractivity contribution is 7.17. The molecule has 1 aromatic heterocycles. The maximum absolute atomic E-state index is 14.0. The van der Waals surface area contributed by atoms with E-state index < -0.39 is 17.7 Å². The predicted molar refractivity (Wildman–Crippen MR) is 157 cm³/mol. The maximum atomic E-state index is 14.0. The lowest BCUT2D eigenvalue weighted by Crippen LogP contribution is -2.33. The molecular weight excluding hydrogens is 530 g/mol. The first-order chi connectivity index (χ1) is 18.7. The number of hydrogen-bond donors (Lipinski definition) is 1. The van der Waals surface area contributed by atoms with Gasteiger partial charge in [0.2, 0.25) is 5.78 Å². The van der Waals surface area contributed by atoms with Crippen LogP contribution in [0, 0.1) is 6.92 Å². The van der Waals surface area contributed by atoms with E-state index in [9.17, 15) is 14.7 Å². The summed E-state index contributed by atoms with van der Waals surface area (Å²) in [6.07, 6.45) is 0.543. The summed E-state index contributed by atoms with van der Waals surface area (Å²) in [5.41, 5.74) is 4.30. The van der Waals surface area contributed by atoms with Gasteiger partial charge >= 0.3 is 0 Å². The molecule has 0 spiro atoms. The zero-order valence-electron chi connectivity index (χ0n) is 21.9. The summed E-state index contributed by atoms with van der Waals surface area (Å²) < 4.78 is 0. The highest BCUT2D eigenvalue weighted by Crippen LogP contribution is 2.41. The number of halogens is 1. The first-order valence-corrected chi connectivity index (χ1v) is 13.8. The second-order valence-corrected chi connectivity index (χ2v) is 11.1. The number of carbonyl (C=O) groups is 2. The van der Waals surface area contributed by atoms with Gasteiger partial charge in [0.1, 0.15) is 5.01 Å². The van der Waals surface area contributed by atoms with Gasteiger partial charge in [0, 0.05) is 36.9 Å². The van der Waals surface area contributed by atoms with Crippen LogP contribution in [0.5, 0.6) is 0 Å². The molecule has 1 atom stereocenters. The normalized spacial score (nSPS) is 15.2. The molecule has 2 heterocycles. The molecular formula is C31H28ClN3O3S. The molecule has 8 heteroatoms. The Bertz CT molecular complexity index is 1540. The number of nitrogens with zero attached hydrogens (tertiary/aromatic N) is 3. The number of carbonyl (C=O) groups excluding carboxylic acids is 2. The van der Waals surface area contributed by atoms with Gasteiger partial charge < -0.3 is 14.9 Å². The molecule has 1 amide bonds. The minimum absolute atomic E-state index is 0.0834. The lowest BCUT2D eigenvalue weighted by Gasteiger charge is -2.27. The van der Waals surface area contributed by atoms with Crippen molar-refractivity contribution in [1.82, 2.24) is 9.88 Å². The minimum atomic E-state index is -0.727. The van der Waals surface area contributed by atoms with Crippen molar-refractivity contribution in [3.63, 3.8) is 0 Å². The number of aliphatic hydroxyl groups excluding tert-OH is 1. The van der Waals surface area contributed by atoms with E-state index in [4.69, 9.17) is 11.6 Å². The molecule has 0 saturated heterocycles. The summed E-state index contributed by atoms with van der Waals surface area (Å²) in [5, 5.41) is 12.5. The quantitative estimate of drug-likeness (QED) is 0.245. The summed E-state index contributed by atoms with van der Waals surface area (Å²) in [7, 11) is 3.90. The molecule has 0 fully saturated rings. The molecule has 0 bridgehead atoms. The second-order valence-electron chi connectivity index (χ2n) is 9.65. The SMILES string of the molecule is Cc1nc(-c2ccccc2)sc1C(=O)C1=C(O)C(=O)N(CCc2ccc(Cl)cc2)C1c1ccc(N(C)C)cc1. The molecule has 1 unspecified atom stereocenters. The van der Waals surface area contributed by atoms with Crippen LogP contribution in [0.1, 0.15) is 32.5 Å². The van der Waals surface area contributed by atoms with E-state index >= 15 is 0 Å². The molecule has 3 aromatic carbocycles. The largest absolute Gasteiger partial charge is 0.503 e. The van der Waals surface area contributed by atoms with Crippen LogP contribution in [-0.4, -0.2) is 47.3 Å². The fraction of sp³-hybridized carbons (Fsp3) is 0.194. The highest BCUT2D eigenvalue weighted by atomic mass is 35.5. The van der Waals surface area contributed by atoms with Crippen LogP contribution in [0.15, 0.2) is 90.2 Å². The molecule has 0 radical (unpaired) electrons. The zero-order valence-corrected chi connectivity index (χ0v) is 23.5. The van der Waals surface area contributed by atoms with Gasteiger partial charge in [-0.1, -0.05) is 66.2 Å². The van der Waals surface area contributed by atoms with Crippen molar-refractivity contribution in [3.8, 4) is 10.6 Å². The van der Waals surface area contributed by atoms with Gasteiger partial charge in [0.25, 0.3) is 5.91 Å². The van der Waals surface area contributed by atoms with Gasteiger partial charge in [-0.25, -0.2) is 4.98 Å². The van der Waals surface area contributed by atoms with Crippen LogP contribution in [0.25, 0.3) is 10.6 Å². The standard InChI is InChI=1S/C31H28ClN3O3S/c1-19-29(39-30(33-19)22-7-5-4-6-8-22)27(36)25-26(21-11-15-24(16-12-21)34(2)3)35(31(38)28(25)37)18-17-20-9-13-23(32)14-10-20/h4-16,26,37H,17-18H2,1-3H3. The Balaban J connectivity index is 1.53. The summed E-state index contributed by atoms with van der Waals surface area (Å²) >= 11 is 7.31. The Morgan fingerprint density at radius 1 is 1.03 bits per heavy atom. The topological polar surface area (TPSA) is 73.7 Å². The van der Waals surface area contributed by atoms with Crippen LogP contribution in [0.2, 0.25) is 5.02 Å². The maximum Gasteiger partial charge on any atom is 0.290 e. The fourth-order valence-corrected chi connectivity index (χ4v) is 5.90. The first-order valence-electron chi connectivity index (χ1n) is 12.6. The van der Waals surface area contributed by atoms with Crippen LogP contribution in [0.3, 0.4) is 0 Å². The second kappa shape index (κ2) is 11.0. The van der Waals surface area contributed by atoms with Crippen LogP contribution < -0.4 is 4.90 Å². The van der Waals surface area contributed by atoms with E-state index in [0.717, 1.165) is 22.4 Å². The van der Waals surface area contributed by atoms with Gasteiger partial charge in [0.15, 0.2) is 5.76 Å². The summed E-state index contributed by atoms with van der Waals surface area (Å²) in [5.74, 6) is -1.44. The average Bonchev–Trinajstić information content (AvgIpc) is 3.45. The van der Waals surface area contributed by atoms with Gasteiger partial charge in [-0.2, -0.15) is 0 Å². The first kappa shape index (κ1) is 26.7. The monoisotopic (exact) mass is 557 g/mol. The summed E-state index contributed by atoms with van der Waals surface area (Å²) in [6.45, 7) is 2.10. The van der Waals surface area contributed by atoms with E-state index in [1.807, 2.05) is 97.9 Å². The van der Waals surface area contributed by atoms with Crippen molar-refractivity contribution < 1.29 is 14.7 Å². The lowest BCUT2D eigenvalue weighted by atomic mass is 9.94. The summed E-state index contributed by atoms with van der Waals surface area (Å²) in [6, 6.07) is 24.1. The molecule has 1 aliphatic heterocycles. The molecule has 0 aliphatic carbocycles. The third-order valence-electron chi connectivity index (χ3n) is 6.85. The number of ketones is 1. The molecule has 0 saturated carbocycles. The Morgan fingerprint density at radius 3 is 2.33 bits per heavy atom. The molecule has 1 aliphatic rings. The number of Topliss-reactive ketones (excluding diaryl/α,β-unsaturated/α-hetero) is 1. The highest BCUT2D eigenvalue weighted by Gasteiger charge is 2.44. The Hall–Kier alpha value is -3.94. The van der Waals surface area contributed by atoms with Crippen molar-refractivity contribution in [3.05, 3.63) is 117 Å². The van der Waals surface area contributed by atoms with E-state index in [1.54, 1.807) is 11.8 Å². The molecule has 1 N–H and O–H groups in total. The number of amides is 1. The van der Waals surface area contributed by atoms with Crippen molar-refractivity contribution >= 4 is 40.3 Å². The number of hydrogen-bond acceptors (Lipinski definition) is 6. The third kappa shape index (κ3) is 5.33. The lowest BCUT2D eigenvalue weighted by molar-refractivity contribution is -0.129. The predicted octanol–water partition coefficient (Wildman–Crippen LogP) is 6.66. The van der Waals surface area contributed by atoms with Crippen molar-refractivity contribution in [2.75, 3.05) is 25.5 Å². The minimum Gasteiger partial charge on any atom is -0.503 e. The van der Waals surface area contributed by atoms with Crippen molar-refractivity contribution in [2.45, 2.75) is 19.4 Å². The smallest absolute Gasteiger partial charge is 0.290 e. The van der Waals surface area contributed by atoms with Gasteiger partial charge in [0.05, 0.1) is 22.2 Å². The fourth-order valence-electron chi connectivity index (χ4n) is 4.75. The van der Waals surface area contributed by atoms with Gasteiger partial charge in [-0.3, -0.25) is 9.59 Å². The number of thiazole rings is 1.